The number of pyridine rings is 1. The minimum atomic E-state index is -0.00137. The van der Waals surface area contributed by atoms with Crippen LogP contribution in [0.4, 0.5) is 0 Å². The highest BCUT2D eigenvalue weighted by molar-refractivity contribution is 5.82. The van der Waals surface area contributed by atoms with Gasteiger partial charge in [0.1, 0.15) is 0 Å². The number of benzene rings is 2. The number of aromatic nitrogens is 1. The number of hydrogen-bond acceptors (Lipinski definition) is 2. The van der Waals surface area contributed by atoms with Gasteiger partial charge in [-0.2, -0.15) is 5.26 Å². The summed E-state index contributed by atoms with van der Waals surface area (Å²) in [5.41, 5.74) is 3.27. The standard InChI is InChI=1S/C18H14N2O/c1-2-14-11-18(21)16-9-8-13(12-19)10-17(16)20(14)15-6-4-3-5-7-15/h3-11H,2H2,1H3. The maximum atomic E-state index is 12.2. The summed E-state index contributed by atoms with van der Waals surface area (Å²) < 4.78 is 2.05. The molecule has 3 heteroatoms. The van der Waals surface area contributed by atoms with Crippen LogP contribution in [0, 0.1) is 11.3 Å². The average molecular weight is 274 g/mol. The van der Waals surface area contributed by atoms with Crippen LogP contribution in [-0.2, 0) is 6.42 Å². The van der Waals surface area contributed by atoms with Crippen molar-refractivity contribution in [1.29, 1.82) is 5.26 Å². The predicted octanol–water partition coefficient (Wildman–Crippen LogP) is 3.42. The Balaban J connectivity index is 2.48. The summed E-state index contributed by atoms with van der Waals surface area (Å²) in [6.07, 6.45) is 0.747. The van der Waals surface area contributed by atoms with Crippen LogP contribution in [0.2, 0.25) is 0 Å². The molecule has 0 unspecified atom stereocenters. The van der Waals surface area contributed by atoms with Crippen molar-refractivity contribution in [2.45, 2.75) is 13.3 Å². The molecule has 1 heterocycles. The molecule has 1 aromatic heterocycles. The molecule has 102 valence electrons. The van der Waals surface area contributed by atoms with E-state index in [2.05, 4.69) is 10.6 Å². The van der Waals surface area contributed by atoms with Gasteiger partial charge in [0.2, 0.25) is 0 Å². The van der Waals surface area contributed by atoms with Gasteiger partial charge in [-0.05, 0) is 36.8 Å². The van der Waals surface area contributed by atoms with Gasteiger partial charge in [-0.3, -0.25) is 4.79 Å². The lowest BCUT2D eigenvalue weighted by atomic mass is 10.1. The van der Waals surface area contributed by atoms with Crippen molar-refractivity contribution in [3.8, 4) is 11.8 Å². The second-order valence-corrected chi connectivity index (χ2v) is 4.87. The smallest absolute Gasteiger partial charge is 0.189 e. The van der Waals surface area contributed by atoms with Crippen LogP contribution in [0.1, 0.15) is 18.2 Å². The van der Waals surface area contributed by atoms with Crippen molar-refractivity contribution in [3.05, 3.63) is 76.1 Å². The fourth-order valence-corrected chi connectivity index (χ4v) is 2.59. The first-order valence-corrected chi connectivity index (χ1v) is 6.89. The van der Waals surface area contributed by atoms with Crippen LogP contribution in [0.25, 0.3) is 16.6 Å². The first-order valence-electron chi connectivity index (χ1n) is 6.89. The van der Waals surface area contributed by atoms with Gasteiger partial charge in [0.15, 0.2) is 5.43 Å². The maximum absolute atomic E-state index is 12.2. The molecule has 0 fully saturated rings. The third-order valence-corrected chi connectivity index (χ3v) is 3.59. The molecule has 0 saturated heterocycles. The highest BCUT2D eigenvalue weighted by Gasteiger charge is 2.10. The number of para-hydroxylation sites is 1. The van der Waals surface area contributed by atoms with E-state index in [0.29, 0.717) is 10.9 Å². The highest BCUT2D eigenvalue weighted by Crippen LogP contribution is 2.20. The van der Waals surface area contributed by atoms with E-state index in [1.54, 1.807) is 24.3 Å². The lowest BCUT2D eigenvalue weighted by Gasteiger charge is -2.16. The molecule has 0 saturated carbocycles. The first kappa shape index (κ1) is 13.1. The van der Waals surface area contributed by atoms with E-state index < -0.39 is 0 Å². The molecule has 3 nitrogen and oxygen atoms in total. The molecule has 0 aliphatic heterocycles. The zero-order valence-corrected chi connectivity index (χ0v) is 11.7. The summed E-state index contributed by atoms with van der Waals surface area (Å²) in [5, 5.41) is 9.75. The monoisotopic (exact) mass is 274 g/mol. The summed E-state index contributed by atoms with van der Waals surface area (Å²) >= 11 is 0. The minimum Gasteiger partial charge on any atom is -0.313 e. The van der Waals surface area contributed by atoms with Crippen LogP contribution in [0.5, 0.6) is 0 Å². The fourth-order valence-electron chi connectivity index (χ4n) is 2.59. The van der Waals surface area contributed by atoms with E-state index in [4.69, 9.17) is 5.26 Å². The van der Waals surface area contributed by atoms with Gasteiger partial charge in [0, 0.05) is 22.8 Å². The molecule has 3 rings (SSSR count). The Kier molecular flexibility index (Phi) is 3.29. The van der Waals surface area contributed by atoms with Crippen molar-refractivity contribution in [2.24, 2.45) is 0 Å². The maximum Gasteiger partial charge on any atom is 0.189 e. The third kappa shape index (κ3) is 2.21. The predicted molar refractivity (Wildman–Crippen MR) is 83.6 cm³/mol. The Morgan fingerprint density at radius 3 is 2.52 bits per heavy atom. The fraction of sp³-hybridized carbons (Fsp3) is 0.111. The number of rotatable bonds is 2. The van der Waals surface area contributed by atoms with Crippen LogP contribution in [0.3, 0.4) is 0 Å². The summed E-state index contributed by atoms with van der Waals surface area (Å²) in [6.45, 7) is 2.02. The van der Waals surface area contributed by atoms with Gasteiger partial charge in [0.05, 0.1) is 17.1 Å². The molecule has 0 amide bonds. The molecule has 3 aromatic rings. The van der Waals surface area contributed by atoms with Crippen molar-refractivity contribution >= 4 is 10.9 Å². The lowest BCUT2D eigenvalue weighted by Crippen LogP contribution is -2.12. The van der Waals surface area contributed by atoms with Crippen molar-refractivity contribution in [3.63, 3.8) is 0 Å². The quantitative estimate of drug-likeness (QED) is 0.718. The average Bonchev–Trinajstić information content (AvgIpc) is 2.54. The van der Waals surface area contributed by atoms with E-state index in [1.807, 2.05) is 37.3 Å². The summed E-state index contributed by atoms with van der Waals surface area (Å²) in [5.74, 6) is 0. The molecule has 0 aliphatic rings. The van der Waals surface area contributed by atoms with Crippen LogP contribution in [0.15, 0.2) is 59.4 Å². The second-order valence-electron chi connectivity index (χ2n) is 4.87. The molecule has 0 radical (unpaired) electrons. The molecule has 0 atom stereocenters. The van der Waals surface area contributed by atoms with Gasteiger partial charge < -0.3 is 4.57 Å². The molecular weight excluding hydrogens is 260 g/mol. The SMILES string of the molecule is CCc1cc(=O)c2ccc(C#N)cc2n1-c1ccccc1. The van der Waals surface area contributed by atoms with Gasteiger partial charge in [-0.25, -0.2) is 0 Å². The van der Waals surface area contributed by atoms with E-state index >= 15 is 0 Å². The van der Waals surface area contributed by atoms with Crippen LogP contribution < -0.4 is 5.43 Å². The van der Waals surface area contributed by atoms with E-state index in [1.165, 1.54) is 0 Å². The third-order valence-electron chi connectivity index (χ3n) is 3.59. The van der Waals surface area contributed by atoms with Crippen LogP contribution >= 0.6 is 0 Å². The van der Waals surface area contributed by atoms with Gasteiger partial charge in [-0.1, -0.05) is 25.1 Å². The Hall–Kier alpha value is -2.86. The van der Waals surface area contributed by atoms with E-state index in [-0.39, 0.29) is 5.43 Å². The largest absolute Gasteiger partial charge is 0.313 e. The van der Waals surface area contributed by atoms with Crippen molar-refractivity contribution < 1.29 is 0 Å². The summed E-state index contributed by atoms with van der Waals surface area (Å²) in [7, 11) is 0. The molecule has 0 bridgehead atoms. The second kappa shape index (κ2) is 5.26. The topological polar surface area (TPSA) is 45.8 Å². The van der Waals surface area contributed by atoms with Crippen molar-refractivity contribution in [1.82, 2.24) is 4.57 Å². The van der Waals surface area contributed by atoms with Gasteiger partial charge in [-0.15, -0.1) is 0 Å². The Labute approximate surface area is 122 Å². The van der Waals surface area contributed by atoms with E-state index in [9.17, 15) is 4.79 Å². The number of nitrogens with zero attached hydrogens (tertiary/aromatic N) is 2. The number of fused-ring (bicyclic) bond motifs is 1. The van der Waals surface area contributed by atoms with Gasteiger partial charge >= 0.3 is 0 Å². The number of nitriles is 1. The molecular formula is C18H14N2O. The zero-order valence-electron chi connectivity index (χ0n) is 11.7. The summed E-state index contributed by atoms with van der Waals surface area (Å²) in [4.78, 5) is 12.2. The first-order chi connectivity index (χ1) is 10.2. The van der Waals surface area contributed by atoms with E-state index in [0.717, 1.165) is 23.3 Å². The molecule has 0 aliphatic carbocycles. The molecule has 21 heavy (non-hydrogen) atoms. The van der Waals surface area contributed by atoms with Gasteiger partial charge in [0.25, 0.3) is 0 Å². The molecule has 2 aromatic carbocycles. The number of hydrogen-bond donors (Lipinski definition) is 0. The Morgan fingerprint density at radius 2 is 1.86 bits per heavy atom. The summed E-state index contributed by atoms with van der Waals surface area (Å²) in [6, 6.07) is 18.9. The Morgan fingerprint density at radius 1 is 1.10 bits per heavy atom. The zero-order chi connectivity index (χ0) is 14.8. The number of aryl methyl sites for hydroxylation is 1. The highest BCUT2D eigenvalue weighted by atomic mass is 16.1. The lowest BCUT2D eigenvalue weighted by molar-refractivity contribution is 0.938. The Bertz CT molecular complexity index is 902. The molecule has 0 N–H and O–H groups in total. The van der Waals surface area contributed by atoms with Crippen LogP contribution in [-0.4, -0.2) is 4.57 Å². The molecule has 0 spiro atoms. The normalized spacial score (nSPS) is 10.5. The minimum absolute atomic E-state index is 0.00137. The van der Waals surface area contributed by atoms with Crippen molar-refractivity contribution in [2.75, 3.05) is 0 Å².